The molecule has 0 aliphatic rings. The van der Waals surface area contributed by atoms with Crippen molar-refractivity contribution in [2.45, 2.75) is 10.4 Å². The van der Waals surface area contributed by atoms with Crippen LogP contribution in [0.2, 0.25) is 0 Å². The van der Waals surface area contributed by atoms with E-state index in [2.05, 4.69) is 5.32 Å². The van der Waals surface area contributed by atoms with Gasteiger partial charge in [-0.3, -0.25) is 0 Å². The molecule has 0 heterocycles. The molecule has 0 amide bonds. The Morgan fingerprint density at radius 2 is 1.58 bits per heavy atom. The molecule has 0 aliphatic carbocycles. The molecule has 0 saturated carbocycles. The molecule has 0 bridgehead atoms. The Bertz CT molecular complexity index is 1060. The molecule has 3 aromatic rings. The average molecular weight is 448 g/mol. The van der Waals surface area contributed by atoms with Gasteiger partial charge in [0.25, 0.3) is 0 Å². The summed E-state index contributed by atoms with van der Waals surface area (Å²) in [5.41, 5.74) is -1.59. The molecular weight excluding hydrogens is 429 g/mol. The molecule has 0 fully saturated rings. The number of benzene rings is 3. The standard InChI is InChI=1S/C22H19F3N2O3S/c1-27(16-7-10-18(11-8-16)31-22(23,24)25)15-5-3-14(4-6-15)26-20-12-9-17(30-2)13-19(20)21(28)29/h3-13,26H,1-2H3,(H,28,29). The number of hydrogen-bond acceptors (Lipinski definition) is 5. The minimum atomic E-state index is -4.32. The second-order valence-electron chi connectivity index (χ2n) is 6.49. The summed E-state index contributed by atoms with van der Waals surface area (Å²) >= 11 is -0.151. The molecule has 5 nitrogen and oxygen atoms in total. The highest BCUT2D eigenvalue weighted by Gasteiger charge is 2.29. The molecule has 0 saturated heterocycles. The zero-order valence-corrected chi connectivity index (χ0v) is 17.4. The molecule has 3 aromatic carbocycles. The number of thioether (sulfide) groups is 1. The lowest BCUT2D eigenvalue weighted by Crippen LogP contribution is -2.09. The van der Waals surface area contributed by atoms with Gasteiger partial charge in [-0.15, -0.1) is 0 Å². The first-order valence-corrected chi connectivity index (χ1v) is 9.86. The highest BCUT2D eigenvalue weighted by Crippen LogP contribution is 2.38. The number of anilines is 4. The number of hydrogen-bond donors (Lipinski definition) is 2. The molecule has 2 N–H and O–H groups in total. The average Bonchev–Trinajstić information content (AvgIpc) is 2.73. The van der Waals surface area contributed by atoms with Crippen LogP contribution in [0, 0.1) is 0 Å². The van der Waals surface area contributed by atoms with Gasteiger partial charge in [-0.2, -0.15) is 13.2 Å². The van der Waals surface area contributed by atoms with E-state index in [0.717, 1.165) is 11.4 Å². The molecule has 31 heavy (non-hydrogen) atoms. The van der Waals surface area contributed by atoms with Crippen molar-refractivity contribution in [1.29, 1.82) is 0 Å². The van der Waals surface area contributed by atoms with E-state index in [0.29, 0.717) is 17.1 Å². The van der Waals surface area contributed by atoms with E-state index < -0.39 is 11.5 Å². The summed E-state index contributed by atoms with van der Waals surface area (Å²) < 4.78 is 42.5. The Balaban J connectivity index is 1.74. The minimum absolute atomic E-state index is 0.0809. The van der Waals surface area contributed by atoms with Crippen LogP contribution in [0.15, 0.2) is 71.6 Å². The van der Waals surface area contributed by atoms with Crippen molar-refractivity contribution >= 4 is 40.5 Å². The maximum absolute atomic E-state index is 12.5. The van der Waals surface area contributed by atoms with E-state index in [1.807, 2.05) is 17.0 Å². The van der Waals surface area contributed by atoms with Crippen molar-refractivity contribution in [1.82, 2.24) is 0 Å². The SMILES string of the molecule is COc1ccc(Nc2ccc(N(C)c3ccc(SC(F)(F)F)cc3)cc2)c(C(=O)O)c1. The summed E-state index contributed by atoms with van der Waals surface area (Å²) in [7, 11) is 3.27. The van der Waals surface area contributed by atoms with Gasteiger partial charge in [0.15, 0.2) is 0 Å². The maximum atomic E-state index is 12.5. The topological polar surface area (TPSA) is 61.8 Å². The van der Waals surface area contributed by atoms with Gasteiger partial charge in [-0.25, -0.2) is 4.79 Å². The summed E-state index contributed by atoms with van der Waals surface area (Å²) in [6.07, 6.45) is 0. The van der Waals surface area contributed by atoms with Crippen LogP contribution in [0.3, 0.4) is 0 Å². The Morgan fingerprint density at radius 3 is 2.10 bits per heavy atom. The van der Waals surface area contributed by atoms with Crippen molar-refractivity contribution in [3.63, 3.8) is 0 Å². The lowest BCUT2D eigenvalue weighted by molar-refractivity contribution is -0.0328. The predicted molar refractivity (Wildman–Crippen MR) is 116 cm³/mol. The molecule has 0 radical (unpaired) electrons. The number of nitrogens with one attached hydrogen (secondary N) is 1. The van der Waals surface area contributed by atoms with Crippen molar-refractivity contribution < 1.29 is 27.8 Å². The number of ether oxygens (including phenoxy) is 1. The van der Waals surface area contributed by atoms with Gasteiger partial charge in [0, 0.05) is 29.0 Å². The van der Waals surface area contributed by atoms with Crippen molar-refractivity contribution in [2.24, 2.45) is 0 Å². The monoisotopic (exact) mass is 448 g/mol. The lowest BCUT2D eigenvalue weighted by Gasteiger charge is -2.20. The van der Waals surface area contributed by atoms with Gasteiger partial charge in [-0.05, 0) is 78.5 Å². The number of rotatable bonds is 7. The molecule has 0 aromatic heterocycles. The smallest absolute Gasteiger partial charge is 0.446 e. The van der Waals surface area contributed by atoms with E-state index in [1.165, 1.54) is 25.3 Å². The zero-order valence-electron chi connectivity index (χ0n) is 16.6. The third-order valence-corrected chi connectivity index (χ3v) is 5.19. The molecule has 0 atom stereocenters. The number of methoxy groups -OCH3 is 1. The lowest BCUT2D eigenvalue weighted by atomic mass is 10.1. The van der Waals surface area contributed by atoms with Crippen molar-refractivity contribution in [2.75, 3.05) is 24.4 Å². The third-order valence-electron chi connectivity index (χ3n) is 4.45. The van der Waals surface area contributed by atoms with E-state index in [4.69, 9.17) is 4.74 Å². The van der Waals surface area contributed by atoms with Crippen LogP contribution in [-0.2, 0) is 0 Å². The number of carboxylic acid groups (broad SMARTS) is 1. The fourth-order valence-electron chi connectivity index (χ4n) is 2.88. The summed E-state index contributed by atoms with van der Waals surface area (Å²) in [5, 5.41) is 12.5. The van der Waals surface area contributed by atoms with Crippen molar-refractivity contribution in [3.05, 3.63) is 72.3 Å². The first kappa shape index (κ1) is 22.4. The fourth-order valence-corrected chi connectivity index (χ4v) is 3.42. The van der Waals surface area contributed by atoms with Crippen LogP contribution in [0.5, 0.6) is 5.75 Å². The molecule has 9 heteroatoms. The number of alkyl halides is 3. The Hall–Kier alpha value is -3.33. The third kappa shape index (κ3) is 5.85. The quantitative estimate of drug-likeness (QED) is 0.402. The Kier molecular flexibility index (Phi) is 6.65. The Labute approximate surface area is 181 Å². The number of carbonyl (C=O) groups is 1. The van der Waals surface area contributed by atoms with Crippen LogP contribution in [0.1, 0.15) is 10.4 Å². The number of carboxylic acids is 1. The van der Waals surface area contributed by atoms with E-state index in [-0.39, 0.29) is 22.2 Å². The first-order valence-electron chi connectivity index (χ1n) is 9.04. The minimum Gasteiger partial charge on any atom is -0.497 e. The zero-order chi connectivity index (χ0) is 22.6. The normalized spacial score (nSPS) is 11.1. The maximum Gasteiger partial charge on any atom is 0.446 e. The summed E-state index contributed by atoms with van der Waals surface area (Å²) in [4.78, 5) is 13.5. The summed E-state index contributed by atoms with van der Waals surface area (Å²) in [6.45, 7) is 0. The molecule has 162 valence electrons. The van der Waals surface area contributed by atoms with Gasteiger partial charge >= 0.3 is 11.5 Å². The molecular formula is C22H19F3N2O3S. The van der Waals surface area contributed by atoms with Gasteiger partial charge in [0.1, 0.15) is 5.75 Å². The summed E-state index contributed by atoms with van der Waals surface area (Å²) in [5.74, 6) is -0.635. The van der Waals surface area contributed by atoms with Crippen LogP contribution >= 0.6 is 11.8 Å². The van der Waals surface area contributed by atoms with E-state index in [1.54, 1.807) is 43.4 Å². The van der Waals surface area contributed by atoms with E-state index >= 15 is 0 Å². The molecule has 0 unspecified atom stereocenters. The van der Waals surface area contributed by atoms with Crippen LogP contribution < -0.4 is 15.0 Å². The van der Waals surface area contributed by atoms with Gasteiger partial charge in [0.2, 0.25) is 0 Å². The highest BCUT2D eigenvalue weighted by molar-refractivity contribution is 8.00. The van der Waals surface area contributed by atoms with Gasteiger partial charge in [-0.1, -0.05) is 0 Å². The van der Waals surface area contributed by atoms with Gasteiger partial charge < -0.3 is 20.1 Å². The van der Waals surface area contributed by atoms with Gasteiger partial charge in [0.05, 0.1) is 18.4 Å². The molecule has 0 spiro atoms. The largest absolute Gasteiger partial charge is 0.497 e. The highest BCUT2D eigenvalue weighted by atomic mass is 32.2. The van der Waals surface area contributed by atoms with Crippen LogP contribution in [0.25, 0.3) is 0 Å². The van der Waals surface area contributed by atoms with Crippen LogP contribution in [-0.4, -0.2) is 30.7 Å². The first-order chi connectivity index (χ1) is 14.7. The predicted octanol–water partition coefficient (Wildman–Crippen LogP) is 6.52. The second-order valence-corrected chi connectivity index (χ2v) is 7.63. The molecule has 0 aliphatic heterocycles. The fraction of sp³-hybridized carbons (Fsp3) is 0.136. The Morgan fingerprint density at radius 1 is 1.00 bits per heavy atom. The number of nitrogens with zero attached hydrogens (tertiary/aromatic N) is 1. The number of halogens is 3. The number of aromatic carboxylic acids is 1. The van der Waals surface area contributed by atoms with E-state index in [9.17, 15) is 23.1 Å². The van der Waals surface area contributed by atoms with Crippen molar-refractivity contribution in [3.8, 4) is 5.75 Å². The second kappa shape index (κ2) is 9.22. The van der Waals surface area contributed by atoms with Crippen LogP contribution in [0.4, 0.5) is 35.9 Å². The molecule has 3 rings (SSSR count). The summed E-state index contributed by atoms with van der Waals surface area (Å²) in [6, 6.07) is 18.1.